The summed E-state index contributed by atoms with van der Waals surface area (Å²) in [6.07, 6.45) is 5.21. The molecule has 134 valence electrons. The highest BCUT2D eigenvalue weighted by molar-refractivity contribution is 8.01. The summed E-state index contributed by atoms with van der Waals surface area (Å²) in [5, 5.41) is 11.4. The van der Waals surface area contributed by atoms with E-state index in [4.69, 9.17) is 4.74 Å². The number of benzene rings is 1. The van der Waals surface area contributed by atoms with Crippen LogP contribution in [0.25, 0.3) is 0 Å². The Balaban J connectivity index is 1.56. The summed E-state index contributed by atoms with van der Waals surface area (Å²) in [5.74, 6) is 1.54. The van der Waals surface area contributed by atoms with E-state index in [2.05, 4.69) is 34.6 Å². The second-order valence-electron chi connectivity index (χ2n) is 6.11. The van der Waals surface area contributed by atoms with Crippen LogP contribution < -0.4 is 10.1 Å². The van der Waals surface area contributed by atoms with Crippen molar-refractivity contribution in [2.75, 3.05) is 11.1 Å². The molecule has 1 heterocycles. The zero-order valence-corrected chi connectivity index (χ0v) is 16.2. The van der Waals surface area contributed by atoms with Crippen LogP contribution in [0.15, 0.2) is 22.5 Å². The third kappa shape index (κ3) is 4.95. The van der Waals surface area contributed by atoms with Crippen molar-refractivity contribution in [1.29, 1.82) is 0 Å². The molecule has 5 nitrogen and oxygen atoms in total. The van der Waals surface area contributed by atoms with Crippen LogP contribution in [0.2, 0.25) is 0 Å². The van der Waals surface area contributed by atoms with Crippen LogP contribution in [0.1, 0.15) is 44.2 Å². The molecule has 25 heavy (non-hydrogen) atoms. The van der Waals surface area contributed by atoms with Gasteiger partial charge in [-0.05, 0) is 62.3 Å². The van der Waals surface area contributed by atoms with E-state index in [0.29, 0.717) is 5.13 Å². The lowest BCUT2D eigenvalue weighted by molar-refractivity contribution is -0.122. The molecule has 0 fully saturated rings. The molecule has 0 saturated carbocycles. The van der Waals surface area contributed by atoms with E-state index in [1.165, 1.54) is 35.3 Å². The molecule has 1 aliphatic rings. The van der Waals surface area contributed by atoms with E-state index in [-0.39, 0.29) is 5.91 Å². The first-order chi connectivity index (χ1) is 12.2. The van der Waals surface area contributed by atoms with Gasteiger partial charge in [0.05, 0.1) is 0 Å². The van der Waals surface area contributed by atoms with E-state index >= 15 is 0 Å². The van der Waals surface area contributed by atoms with E-state index in [1.54, 1.807) is 18.7 Å². The van der Waals surface area contributed by atoms with Crippen molar-refractivity contribution in [3.05, 3.63) is 29.3 Å². The quantitative estimate of drug-likeness (QED) is 0.575. The van der Waals surface area contributed by atoms with Crippen molar-refractivity contribution < 1.29 is 9.53 Å². The second-order valence-corrected chi connectivity index (χ2v) is 8.43. The minimum absolute atomic E-state index is 0.207. The number of hydrogen-bond acceptors (Lipinski definition) is 6. The SMILES string of the molecule is CCCSc1nnc(NC(=O)[C@H](C)Oc2ccc3c(c2)CCCC3)s1. The van der Waals surface area contributed by atoms with Crippen LogP contribution in [0.3, 0.4) is 0 Å². The Morgan fingerprint density at radius 3 is 2.92 bits per heavy atom. The molecule has 3 rings (SSSR count). The predicted molar refractivity (Wildman–Crippen MR) is 103 cm³/mol. The van der Waals surface area contributed by atoms with Crippen molar-refractivity contribution in [3.63, 3.8) is 0 Å². The number of fused-ring (bicyclic) bond motifs is 1. The van der Waals surface area contributed by atoms with Gasteiger partial charge in [-0.2, -0.15) is 0 Å². The van der Waals surface area contributed by atoms with Gasteiger partial charge in [0.2, 0.25) is 5.13 Å². The highest BCUT2D eigenvalue weighted by Crippen LogP contribution is 2.27. The normalized spacial score (nSPS) is 14.6. The molecule has 0 aliphatic heterocycles. The summed E-state index contributed by atoms with van der Waals surface area (Å²) in [4.78, 5) is 12.3. The Morgan fingerprint density at radius 2 is 2.12 bits per heavy atom. The highest BCUT2D eigenvalue weighted by atomic mass is 32.2. The standard InChI is InChI=1S/C18H23N3O2S2/c1-3-10-24-18-21-20-17(25-18)19-16(22)12(2)23-15-9-8-13-6-4-5-7-14(13)11-15/h8-9,11-12H,3-7,10H2,1-2H3,(H,19,20,22)/t12-/m0/s1. The number of amides is 1. The average Bonchev–Trinajstić information content (AvgIpc) is 3.07. The van der Waals surface area contributed by atoms with E-state index in [9.17, 15) is 4.79 Å². The molecule has 0 bridgehead atoms. The number of hydrogen-bond donors (Lipinski definition) is 1. The van der Waals surface area contributed by atoms with Gasteiger partial charge < -0.3 is 4.74 Å². The predicted octanol–water partition coefficient (Wildman–Crippen LogP) is 4.33. The number of nitrogens with one attached hydrogen (secondary N) is 1. The van der Waals surface area contributed by atoms with Crippen LogP contribution in [-0.4, -0.2) is 28.0 Å². The lowest BCUT2D eigenvalue weighted by Gasteiger charge is -2.18. The Labute approximate surface area is 156 Å². The van der Waals surface area contributed by atoms with Gasteiger partial charge >= 0.3 is 0 Å². The molecular formula is C18H23N3O2S2. The number of thioether (sulfide) groups is 1. The highest BCUT2D eigenvalue weighted by Gasteiger charge is 2.18. The maximum atomic E-state index is 12.3. The minimum atomic E-state index is -0.586. The van der Waals surface area contributed by atoms with Gasteiger partial charge in [0.15, 0.2) is 10.4 Å². The van der Waals surface area contributed by atoms with Crippen LogP contribution >= 0.6 is 23.1 Å². The number of aromatic nitrogens is 2. The summed E-state index contributed by atoms with van der Waals surface area (Å²) < 4.78 is 6.70. The second kappa shape index (κ2) is 8.67. The molecule has 0 radical (unpaired) electrons. The van der Waals surface area contributed by atoms with Gasteiger partial charge in [-0.1, -0.05) is 36.1 Å². The molecule has 0 saturated heterocycles. The third-order valence-corrected chi connectivity index (χ3v) is 6.25. The first kappa shape index (κ1) is 18.2. The Morgan fingerprint density at radius 1 is 1.32 bits per heavy atom. The summed E-state index contributed by atoms with van der Waals surface area (Å²) in [6, 6.07) is 6.15. The maximum absolute atomic E-state index is 12.3. The lowest BCUT2D eigenvalue weighted by atomic mass is 9.92. The zero-order chi connectivity index (χ0) is 17.6. The zero-order valence-electron chi connectivity index (χ0n) is 14.6. The van der Waals surface area contributed by atoms with Gasteiger partial charge in [0.1, 0.15) is 5.75 Å². The smallest absolute Gasteiger partial charge is 0.266 e. The Bertz CT molecular complexity index is 733. The molecule has 1 aromatic heterocycles. The van der Waals surface area contributed by atoms with Gasteiger partial charge in [0, 0.05) is 5.75 Å². The largest absolute Gasteiger partial charge is 0.481 e. The molecule has 1 amide bonds. The summed E-state index contributed by atoms with van der Waals surface area (Å²) >= 11 is 3.05. The lowest BCUT2D eigenvalue weighted by Crippen LogP contribution is -2.30. The summed E-state index contributed by atoms with van der Waals surface area (Å²) in [7, 11) is 0. The third-order valence-electron chi connectivity index (χ3n) is 4.07. The maximum Gasteiger partial charge on any atom is 0.266 e. The molecule has 1 aliphatic carbocycles. The van der Waals surface area contributed by atoms with Crippen molar-refractivity contribution in [2.24, 2.45) is 0 Å². The van der Waals surface area contributed by atoms with Crippen molar-refractivity contribution in [2.45, 2.75) is 56.4 Å². The molecule has 1 aromatic carbocycles. The van der Waals surface area contributed by atoms with Crippen molar-refractivity contribution in [3.8, 4) is 5.75 Å². The van der Waals surface area contributed by atoms with Crippen LogP contribution in [0.5, 0.6) is 5.75 Å². The van der Waals surface area contributed by atoms with Gasteiger partial charge in [-0.25, -0.2) is 0 Å². The number of nitrogens with zero attached hydrogens (tertiary/aromatic N) is 2. The number of carbonyl (C=O) groups is 1. The Kier molecular flexibility index (Phi) is 6.31. The van der Waals surface area contributed by atoms with E-state index < -0.39 is 6.10 Å². The Hall–Kier alpha value is -1.60. The van der Waals surface area contributed by atoms with Crippen LogP contribution in [0, 0.1) is 0 Å². The summed E-state index contributed by atoms with van der Waals surface area (Å²) in [5.41, 5.74) is 2.75. The van der Waals surface area contributed by atoms with Crippen molar-refractivity contribution >= 4 is 34.1 Å². The molecule has 0 unspecified atom stereocenters. The first-order valence-corrected chi connectivity index (χ1v) is 10.5. The molecule has 0 spiro atoms. The molecule has 7 heteroatoms. The molecule has 2 aromatic rings. The fraction of sp³-hybridized carbons (Fsp3) is 0.500. The van der Waals surface area contributed by atoms with Gasteiger partial charge in [0.25, 0.3) is 5.91 Å². The molecular weight excluding hydrogens is 354 g/mol. The van der Waals surface area contributed by atoms with E-state index in [1.807, 2.05) is 6.07 Å². The molecule has 1 N–H and O–H groups in total. The fourth-order valence-corrected chi connectivity index (χ4v) is 4.44. The summed E-state index contributed by atoms with van der Waals surface area (Å²) in [6.45, 7) is 3.87. The number of ether oxygens (including phenoxy) is 1. The first-order valence-electron chi connectivity index (χ1n) is 8.71. The number of carbonyl (C=O) groups excluding carboxylic acids is 1. The van der Waals surface area contributed by atoms with Gasteiger partial charge in [-0.15, -0.1) is 10.2 Å². The van der Waals surface area contributed by atoms with Crippen LogP contribution in [-0.2, 0) is 17.6 Å². The van der Waals surface area contributed by atoms with E-state index in [0.717, 1.165) is 35.1 Å². The van der Waals surface area contributed by atoms with Gasteiger partial charge in [-0.3, -0.25) is 10.1 Å². The fourth-order valence-electron chi connectivity index (χ4n) is 2.76. The monoisotopic (exact) mass is 377 g/mol. The number of anilines is 1. The number of aryl methyl sites for hydroxylation is 2. The average molecular weight is 378 g/mol. The number of rotatable bonds is 7. The van der Waals surface area contributed by atoms with Crippen molar-refractivity contribution in [1.82, 2.24) is 10.2 Å². The minimum Gasteiger partial charge on any atom is -0.481 e. The topological polar surface area (TPSA) is 64.1 Å². The van der Waals surface area contributed by atoms with Crippen LogP contribution in [0.4, 0.5) is 5.13 Å². The molecule has 1 atom stereocenters.